The van der Waals surface area contributed by atoms with E-state index < -0.39 is 0 Å². The summed E-state index contributed by atoms with van der Waals surface area (Å²) in [6, 6.07) is 48.6. The molecule has 0 aliphatic carbocycles. The second kappa shape index (κ2) is 9.63. The Morgan fingerprint density at radius 3 is 2.20 bits per heavy atom. The average Bonchev–Trinajstić information content (AvgIpc) is 3.43. The molecule has 1 aliphatic rings. The third-order valence-corrected chi connectivity index (χ3v) is 9.25. The molecule has 3 heterocycles. The molecule has 1 aliphatic heterocycles. The van der Waals surface area contributed by atoms with Crippen molar-refractivity contribution in [2.45, 2.75) is 19.3 Å². The van der Waals surface area contributed by atoms with Crippen LogP contribution >= 0.6 is 0 Å². The van der Waals surface area contributed by atoms with Crippen molar-refractivity contribution in [3.05, 3.63) is 151 Å². The Hall–Kier alpha value is -5.74. The summed E-state index contributed by atoms with van der Waals surface area (Å²) in [6.45, 7) is 4.57. The molecule has 0 N–H and O–H groups in total. The summed E-state index contributed by atoms with van der Waals surface area (Å²) >= 11 is 0. The first-order valence-corrected chi connectivity index (χ1v) is 15.3. The van der Waals surface area contributed by atoms with E-state index in [9.17, 15) is 0 Å². The van der Waals surface area contributed by atoms with Crippen molar-refractivity contribution in [3.63, 3.8) is 0 Å². The van der Waals surface area contributed by atoms with Gasteiger partial charge in [0.1, 0.15) is 11.5 Å². The SMILES string of the molecule is CC1(C)c2ccccc2Oc2c1ccc1c2c2ccccc2n1-c1cccc(-c2nc(-c3ccccc3)c3ccccc3n2)c1. The number of benzene rings is 6. The highest BCUT2D eigenvalue weighted by Crippen LogP contribution is 2.52. The van der Waals surface area contributed by atoms with Crippen molar-refractivity contribution < 1.29 is 4.74 Å². The highest BCUT2D eigenvalue weighted by Gasteiger charge is 2.36. The Bertz CT molecular complexity index is 2440. The Morgan fingerprint density at radius 1 is 0.578 bits per heavy atom. The molecular formula is C41H29N3O. The maximum atomic E-state index is 6.74. The largest absolute Gasteiger partial charge is 0.456 e. The van der Waals surface area contributed by atoms with Gasteiger partial charge in [-0.15, -0.1) is 0 Å². The number of fused-ring (bicyclic) bond motifs is 7. The van der Waals surface area contributed by atoms with E-state index in [2.05, 4.69) is 134 Å². The van der Waals surface area contributed by atoms with E-state index in [1.165, 1.54) is 16.5 Å². The van der Waals surface area contributed by atoms with Crippen LogP contribution in [0.1, 0.15) is 25.0 Å². The summed E-state index contributed by atoms with van der Waals surface area (Å²) in [5, 5.41) is 3.34. The van der Waals surface area contributed by atoms with E-state index in [4.69, 9.17) is 14.7 Å². The zero-order chi connectivity index (χ0) is 30.1. The number of nitrogens with zero attached hydrogens (tertiary/aromatic N) is 3. The molecule has 2 aromatic heterocycles. The van der Waals surface area contributed by atoms with Crippen molar-refractivity contribution in [3.8, 4) is 39.8 Å². The second-order valence-electron chi connectivity index (χ2n) is 12.2. The maximum absolute atomic E-state index is 6.74. The molecule has 6 aromatic carbocycles. The molecule has 9 rings (SSSR count). The smallest absolute Gasteiger partial charge is 0.160 e. The molecule has 8 aromatic rings. The van der Waals surface area contributed by atoms with Crippen LogP contribution in [-0.2, 0) is 5.41 Å². The molecular weight excluding hydrogens is 550 g/mol. The van der Waals surface area contributed by atoms with Crippen LogP contribution in [0.3, 0.4) is 0 Å². The normalized spacial score (nSPS) is 13.5. The highest BCUT2D eigenvalue weighted by atomic mass is 16.5. The van der Waals surface area contributed by atoms with Gasteiger partial charge in [0.2, 0.25) is 0 Å². The molecule has 0 spiro atoms. The van der Waals surface area contributed by atoms with Crippen LogP contribution < -0.4 is 4.74 Å². The molecule has 0 radical (unpaired) electrons. The molecule has 214 valence electrons. The number of ether oxygens (including phenoxy) is 1. The second-order valence-corrected chi connectivity index (χ2v) is 12.2. The van der Waals surface area contributed by atoms with E-state index >= 15 is 0 Å². The summed E-state index contributed by atoms with van der Waals surface area (Å²) in [4.78, 5) is 10.2. The van der Waals surface area contributed by atoms with Gasteiger partial charge < -0.3 is 9.30 Å². The topological polar surface area (TPSA) is 39.9 Å². The maximum Gasteiger partial charge on any atom is 0.160 e. The van der Waals surface area contributed by atoms with Gasteiger partial charge in [-0.05, 0) is 36.4 Å². The van der Waals surface area contributed by atoms with Crippen molar-refractivity contribution in [2.75, 3.05) is 0 Å². The summed E-state index contributed by atoms with van der Waals surface area (Å²) < 4.78 is 9.08. The molecule has 4 nitrogen and oxygen atoms in total. The fourth-order valence-electron chi connectivity index (χ4n) is 7.04. The fourth-order valence-corrected chi connectivity index (χ4v) is 7.04. The molecule has 45 heavy (non-hydrogen) atoms. The van der Waals surface area contributed by atoms with Gasteiger partial charge in [0.25, 0.3) is 0 Å². The molecule has 0 amide bonds. The van der Waals surface area contributed by atoms with Crippen molar-refractivity contribution in [1.82, 2.24) is 14.5 Å². The molecule has 0 fully saturated rings. The lowest BCUT2D eigenvalue weighted by Gasteiger charge is -2.34. The minimum Gasteiger partial charge on any atom is -0.456 e. The van der Waals surface area contributed by atoms with Gasteiger partial charge in [0.05, 0.1) is 27.6 Å². The summed E-state index contributed by atoms with van der Waals surface area (Å²) in [5.74, 6) is 2.56. The third kappa shape index (κ3) is 3.85. The van der Waals surface area contributed by atoms with Gasteiger partial charge >= 0.3 is 0 Å². The lowest BCUT2D eigenvalue weighted by Crippen LogP contribution is -2.24. The van der Waals surface area contributed by atoms with Gasteiger partial charge in [0, 0.05) is 44.1 Å². The quantitative estimate of drug-likeness (QED) is 0.209. The van der Waals surface area contributed by atoms with Crippen LogP contribution in [0.25, 0.3) is 61.0 Å². The Labute approximate surface area is 261 Å². The van der Waals surface area contributed by atoms with E-state index in [0.29, 0.717) is 5.82 Å². The van der Waals surface area contributed by atoms with Crippen molar-refractivity contribution in [1.29, 1.82) is 0 Å². The number of para-hydroxylation sites is 3. The third-order valence-electron chi connectivity index (χ3n) is 9.25. The average molecular weight is 580 g/mol. The molecule has 0 bridgehead atoms. The predicted molar refractivity (Wildman–Crippen MR) is 183 cm³/mol. The zero-order valence-electron chi connectivity index (χ0n) is 25.0. The van der Waals surface area contributed by atoms with Gasteiger partial charge in [-0.1, -0.05) is 117 Å². The molecule has 0 saturated heterocycles. The fraction of sp³-hybridized carbons (Fsp3) is 0.0732. The van der Waals surface area contributed by atoms with E-state index in [-0.39, 0.29) is 5.41 Å². The molecule has 0 atom stereocenters. The zero-order valence-corrected chi connectivity index (χ0v) is 25.0. The lowest BCUT2D eigenvalue weighted by molar-refractivity contribution is 0.423. The first-order chi connectivity index (χ1) is 22.1. The Balaban J connectivity index is 1.26. The Kier molecular flexibility index (Phi) is 5.51. The first kappa shape index (κ1) is 25.7. The van der Waals surface area contributed by atoms with Crippen LogP contribution in [0.5, 0.6) is 11.5 Å². The van der Waals surface area contributed by atoms with Crippen molar-refractivity contribution >= 4 is 32.7 Å². The minimum atomic E-state index is -0.189. The molecule has 4 heteroatoms. The molecule has 0 unspecified atom stereocenters. The summed E-state index contributed by atoms with van der Waals surface area (Å²) in [6.07, 6.45) is 0. The van der Waals surface area contributed by atoms with E-state index in [0.717, 1.165) is 61.3 Å². The number of hydrogen-bond acceptors (Lipinski definition) is 3. The first-order valence-electron chi connectivity index (χ1n) is 15.3. The van der Waals surface area contributed by atoms with Crippen LogP contribution in [0.4, 0.5) is 0 Å². The number of rotatable bonds is 3. The van der Waals surface area contributed by atoms with E-state index in [1.807, 2.05) is 24.3 Å². The van der Waals surface area contributed by atoms with Crippen LogP contribution in [0.2, 0.25) is 0 Å². The standard InChI is InChI=1S/C41H29N3O/c1-41(2)31-19-8-11-22-36(31)45-39-32(41)23-24-35-37(39)30-18-7-10-21-34(30)44(35)28-16-12-15-27(25-28)40-42-33-20-9-6-17-29(33)38(43-40)26-13-4-3-5-14-26/h3-25H,1-2H3. The number of aromatic nitrogens is 3. The summed E-state index contributed by atoms with van der Waals surface area (Å²) in [5.41, 5.74) is 9.39. The Morgan fingerprint density at radius 2 is 1.31 bits per heavy atom. The van der Waals surface area contributed by atoms with Crippen LogP contribution in [-0.4, -0.2) is 14.5 Å². The monoisotopic (exact) mass is 579 g/mol. The minimum absolute atomic E-state index is 0.189. The predicted octanol–water partition coefficient (Wildman–Crippen LogP) is 10.5. The van der Waals surface area contributed by atoms with Gasteiger partial charge in [-0.3, -0.25) is 0 Å². The van der Waals surface area contributed by atoms with Gasteiger partial charge in [-0.2, -0.15) is 0 Å². The van der Waals surface area contributed by atoms with E-state index in [1.54, 1.807) is 0 Å². The van der Waals surface area contributed by atoms with Crippen molar-refractivity contribution in [2.24, 2.45) is 0 Å². The van der Waals surface area contributed by atoms with Gasteiger partial charge in [-0.25, -0.2) is 9.97 Å². The van der Waals surface area contributed by atoms with Crippen LogP contribution in [0, 0.1) is 0 Å². The molecule has 0 saturated carbocycles. The summed E-state index contributed by atoms with van der Waals surface area (Å²) in [7, 11) is 0. The van der Waals surface area contributed by atoms with Crippen LogP contribution in [0.15, 0.2) is 140 Å². The number of hydrogen-bond donors (Lipinski definition) is 0. The highest BCUT2D eigenvalue weighted by molar-refractivity contribution is 6.13. The van der Waals surface area contributed by atoms with Gasteiger partial charge in [0.15, 0.2) is 5.82 Å². The lowest BCUT2D eigenvalue weighted by atomic mass is 9.75.